The maximum atomic E-state index is 13.2. The molecule has 1 N–H and O–H groups in total. The van der Waals surface area contributed by atoms with Gasteiger partial charge in [0.25, 0.3) is 17.7 Å². The molecule has 0 atom stereocenters. The number of ether oxygens (including phenoxy) is 2. The molecule has 0 bridgehead atoms. The first-order chi connectivity index (χ1) is 18.0. The van der Waals surface area contributed by atoms with E-state index in [-0.39, 0.29) is 39.2 Å². The van der Waals surface area contributed by atoms with E-state index in [4.69, 9.17) is 21.1 Å². The van der Waals surface area contributed by atoms with Gasteiger partial charge in [-0.1, -0.05) is 23.7 Å². The van der Waals surface area contributed by atoms with Gasteiger partial charge in [0.15, 0.2) is 11.5 Å². The third-order valence-corrected chi connectivity index (χ3v) is 8.27. The Balaban J connectivity index is 1.68. The Hall–Kier alpha value is -3.93. The van der Waals surface area contributed by atoms with Crippen LogP contribution in [-0.2, 0) is 16.6 Å². The summed E-state index contributed by atoms with van der Waals surface area (Å²) < 4.78 is 37.1. The third-order valence-electron chi connectivity index (χ3n) is 5.97. The second-order valence-electron chi connectivity index (χ2n) is 8.50. The first-order valence-electron chi connectivity index (χ1n) is 11.2. The van der Waals surface area contributed by atoms with Crippen LogP contribution in [0.4, 0.5) is 5.69 Å². The van der Waals surface area contributed by atoms with Crippen molar-refractivity contribution in [1.29, 1.82) is 0 Å². The van der Waals surface area contributed by atoms with Crippen molar-refractivity contribution in [2.45, 2.75) is 11.4 Å². The van der Waals surface area contributed by atoms with Crippen LogP contribution in [0.1, 0.15) is 36.6 Å². The monoisotopic (exact) mass is 557 g/mol. The second kappa shape index (κ2) is 10.4. The van der Waals surface area contributed by atoms with E-state index < -0.39 is 27.7 Å². The SMILES string of the molecule is COc1cc(C(=O)Nc2ccc(Cl)c(S(=O)(=O)N(C)C)c2)cc(CN2C(=O)c3ccccc3C2=O)c1OC. The van der Waals surface area contributed by atoms with Crippen LogP contribution in [0.5, 0.6) is 11.5 Å². The van der Waals surface area contributed by atoms with Crippen molar-refractivity contribution in [1.82, 2.24) is 9.21 Å². The summed E-state index contributed by atoms with van der Waals surface area (Å²) in [5.74, 6) is -1.05. The quantitative estimate of drug-likeness (QED) is 0.419. The molecule has 3 amide bonds. The van der Waals surface area contributed by atoms with E-state index in [1.807, 2.05) is 0 Å². The maximum absolute atomic E-state index is 13.2. The van der Waals surface area contributed by atoms with Crippen LogP contribution in [0.15, 0.2) is 59.5 Å². The van der Waals surface area contributed by atoms with Gasteiger partial charge in [-0.05, 0) is 42.5 Å². The maximum Gasteiger partial charge on any atom is 0.261 e. The van der Waals surface area contributed by atoms with Gasteiger partial charge in [0.2, 0.25) is 10.0 Å². The van der Waals surface area contributed by atoms with Crippen LogP contribution in [0.3, 0.4) is 0 Å². The van der Waals surface area contributed by atoms with E-state index in [9.17, 15) is 22.8 Å². The van der Waals surface area contributed by atoms with Gasteiger partial charge in [-0.25, -0.2) is 12.7 Å². The Bertz CT molecular complexity index is 1540. The number of amides is 3. The molecule has 12 heteroatoms. The van der Waals surface area contributed by atoms with Crippen molar-refractivity contribution in [2.24, 2.45) is 0 Å². The number of nitrogens with zero attached hydrogens (tertiary/aromatic N) is 2. The number of anilines is 1. The molecule has 3 aromatic carbocycles. The standard InChI is InChI=1S/C26H24ClN3O7S/c1-29(2)38(34,35)22-13-17(9-10-20(22)27)28-24(31)15-11-16(23(37-4)21(12-15)36-3)14-30-25(32)18-7-5-6-8-19(18)26(30)33/h5-13H,14H2,1-4H3,(H,28,31). The molecular weight excluding hydrogens is 534 g/mol. The highest BCUT2D eigenvalue weighted by atomic mass is 35.5. The lowest BCUT2D eigenvalue weighted by Gasteiger charge is -2.19. The molecule has 0 spiro atoms. The predicted molar refractivity (Wildman–Crippen MR) is 140 cm³/mol. The van der Waals surface area contributed by atoms with Crippen LogP contribution in [0, 0.1) is 0 Å². The molecule has 0 fully saturated rings. The number of hydrogen-bond donors (Lipinski definition) is 1. The van der Waals surface area contributed by atoms with E-state index in [0.717, 1.165) is 9.21 Å². The summed E-state index contributed by atoms with van der Waals surface area (Å²) in [7, 11) is 1.68. The molecule has 0 radical (unpaired) electrons. The van der Waals surface area contributed by atoms with E-state index in [1.165, 1.54) is 58.6 Å². The van der Waals surface area contributed by atoms with Crippen molar-refractivity contribution < 1.29 is 32.3 Å². The molecule has 1 heterocycles. The summed E-state index contributed by atoms with van der Waals surface area (Å²) in [6, 6.07) is 13.5. The van der Waals surface area contributed by atoms with E-state index in [2.05, 4.69) is 5.32 Å². The van der Waals surface area contributed by atoms with Crippen molar-refractivity contribution >= 4 is 45.0 Å². The summed E-state index contributed by atoms with van der Waals surface area (Å²) in [4.78, 5) is 39.9. The van der Waals surface area contributed by atoms with Crippen molar-refractivity contribution in [3.8, 4) is 11.5 Å². The van der Waals surface area contributed by atoms with Gasteiger partial charge in [0.1, 0.15) is 4.90 Å². The summed E-state index contributed by atoms with van der Waals surface area (Å²) in [5.41, 5.74) is 1.27. The van der Waals surface area contributed by atoms with E-state index >= 15 is 0 Å². The fraction of sp³-hybridized carbons (Fsp3) is 0.192. The zero-order valence-corrected chi connectivity index (χ0v) is 22.5. The molecule has 10 nitrogen and oxygen atoms in total. The number of benzene rings is 3. The summed E-state index contributed by atoms with van der Waals surface area (Å²) in [6.07, 6.45) is 0. The van der Waals surface area contributed by atoms with Crippen LogP contribution in [0.25, 0.3) is 0 Å². The number of hydrogen-bond acceptors (Lipinski definition) is 7. The molecule has 0 saturated heterocycles. The molecule has 1 aliphatic heterocycles. The Kier molecular flexibility index (Phi) is 7.45. The molecule has 38 heavy (non-hydrogen) atoms. The number of nitrogens with one attached hydrogen (secondary N) is 1. The molecule has 0 saturated carbocycles. The molecule has 198 valence electrons. The van der Waals surface area contributed by atoms with E-state index in [1.54, 1.807) is 24.3 Å². The minimum absolute atomic E-state index is 0.00560. The summed E-state index contributed by atoms with van der Waals surface area (Å²) in [5, 5.41) is 2.66. The fourth-order valence-corrected chi connectivity index (χ4v) is 5.42. The highest BCUT2D eigenvalue weighted by Gasteiger charge is 2.36. The van der Waals surface area contributed by atoms with Crippen molar-refractivity contribution in [2.75, 3.05) is 33.6 Å². The Morgan fingerprint density at radius 3 is 2.16 bits per heavy atom. The minimum Gasteiger partial charge on any atom is -0.493 e. The predicted octanol–water partition coefficient (Wildman–Crippen LogP) is 3.66. The highest BCUT2D eigenvalue weighted by molar-refractivity contribution is 7.89. The molecule has 3 aromatic rings. The Morgan fingerprint density at radius 1 is 0.974 bits per heavy atom. The molecule has 4 rings (SSSR count). The van der Waals surface area contributed by atoms with Gasteiger partial charge in [-0.15, -0.1) is 0 Å². The lowest BCUT2D eigenvalue weighted by atomic mass is 10.1. The molecular formula is C26H24ClN3O7S. The summed E-state index contributed by atoms with van der Waals surface area (Å²) >= 11 is 6.10. The zero-order valence-electron chi connectivity index (χ0n) is 20.9. The van der Waals surface area contributed by atoms with Crippen molar-refractivity contribution in [3.63, 3.8) is 0 Å². The van der Waals surface area contributed by atoms with Gasteiger partial charge in [-0.3, -0.25) is 19.3 Å². The Morgan fingerprint density at radius 2 is 1.61 bits per heavy atom. The zero-order chi connectivity index (χ0) is 27.8. The smallest absolute Gasteiger partial charge is 0.261 e. The number of methoxy groups -OCH3 is 2. The molecule has 0 aliphatic carbocycles. The number of fused-ring (bicyclic) bond motifs is 1. The number of imide groups is 1. The lowest BCUT2D eigenvalue weighted by Crippen LogP contribution is -2.29. The lowest BCUT2D eigenvalue weighted by molar-refractivity contribution is 0.0641. The molecule has 0 unspecified atom stereocenters. The van der Waals surface area contributed by atoms with Crippen LogP contribution < -0.4 is 14.8 Å². The summed E-state index contributed by atoms with van der Waals surface area (Å²) in [6.45, 7) is -0.167. The largest absolute Gasteiger partial charge is 0.493 e. The van der Waals surface area contributed by atoms with Crippen LogP contribution in [-0.4, -0.2) is 63.7 Å². The fourth-order valence-electron chi connectivity index (χ4n) is 4.02. The number of rotatable bonds is 8. The minimum atomic E-state index is -3.86. The highest BCUT2D eigenvalue weighted by Crippen LogP contribution is 2.36. The Labute approximate surface area is 224 Å². The number of halogens is 1. The van der Waals surface area contributed by atoms with Gasteiger partial charge in [0, 0.05) is 30.9 Å². The first kappa shape index (κ1) is 27.1. The average Bonchev–Trinajstić information content (AvgIpc) is 3.13. The first-order valence-corrected chi connectivity index (χ1v) is 13.0. The molecule has 0 aromatic heterocycles. The van der Waals surface area contributed by atoms with Crippen molar-refractivity contribution in [3.05, 3.63) is 81.9 Å². The normalized spacial score (nSPS) is 13.1. The second-order valence-corrected chi connectivity index (χ2v) is 11.0. The van der Waals surface area contributed by atoms with E-state index in [0.29, 0.717) is 16.7 Å². The number of carbonyl (C=O) groups excluding carboxylic acids is 3. The van der Waals surface area contributed by atoms with Gasteiger partial charge in [-0.2, -0.15) is 0 Å². The van der Waals surface area contributed by atoms with Gasteiger partial charge < -0.3 is 14.8 Å². The van der Waals surface area contributed by atoms with Gasteiger partial charge in [0.05, 0.1) is 36.9 Å². The third kappa shape index (κ3) is 4.83. The van der Waals surface area contributed by atoms with Crippen LogP contribution in [0.2, 0.25) is 5.02 Å². The number of sulfonamides is 1. The number of carbonyl (C=O) groups is 3. The van der Waals surface area contributed by atoms with Gasteiger partial charge >= 0.3 is 0 Å². The molecule has 1 aliphatic rings. The average molecular weight is 558 g/mol. The topological polar surface area (TPSA) is 122 Å². The van der Waals surface area contributed by atoms with Crippen LogP contribution >= 0.6 is 11.6 Å².